The molecule has 1 aromatic carbocycles. The number of halogens is 4. The molecule has 0 amide bonds. The predicted molar refractivity (Wildman–Crippen MR) is 67.5 cm³/mol. The van der Waals surface area contributed by atoms with Crippen molar-refractivity contribution < 1.29 is 18.3 Å². The predicted octanol–water partition coefficient (Wildman–Crippen LogP) is 4.61. The Kier molecular flexibility index (Phi) is 3.79. The first kappa shape index (κ1) is 13.6. The summed E-state index contributed by atoms with van der Waals surface area (Å²) < 4.78 is 39.2. The number of rotatable bonds is 2. The van der Waals surface area contributed by atoms with Gasteiger partial charge in [-0.2, -0.15) is 13.2 Å². The van der Waals surface area contributed by atoms with Crippen LogP contribution in [0.5, 0.6) is 0 Å². The van der Waals surface area contributed by atoms with Crippen LogP contribution in [-0.4, -0.2) is 5.11 Å². The second-order valence-electron chi connectivity index (χ2n) is 3.65. The summed E-state index contributed by atoms with van der Waals surface area (Å²) in [6.45, 7) is 0. The second-order valence-corrected chi connectivity index (χ2v) is 5.51. The SMILES string of the molecule is OC(c1cc(Br)cs1)c1ccccc1C(F)(F)F. The summed E-state index contributed by atoms with van der Waals surface area (Å²) in [4.78, 5) is 0.471. The lowest BCUT2D eigenvalue weighted by atomic mass is 10.0. The Morgan fingerprint density at radius 1 is 1.22 bits per heavy atom. The molecule has 1 nitrogen and oxygen atoms in total. The molecule has 0 saturated carbocycles. The fourth-order valence-corrected chi connectivity index (χ4v) is 3.06. The van der Waals surface area contributed by atoms with Crippen molar-refractivity contribution in [3.63, 3.8) is 0 Å². The molecule has 0 aliphatic rings. The van der Waals surface area contributed by atoms with Gasteiger partial charge in [0.2, 0.25) is 0 Å². The van der Waals surface area contributed by atoms with Crippen LogP contribution in [-0.2, 0) is 6.18 Å². The molecule has 6 heteroatoms. The molecule has 0 bridgehead atoms. The van der Waals surface area contributed by atoms with Crippen LogP contribution >= 0.6 is 27.3 Å². The molecule has 1 unspecified atom stereocenters. The van der Waals surface area contributed by atoms with Crippen LogP contribution in [0.1, 0.15) is 22.1 Å². The van der Waals surface area contributed by atoms with Crippen LogP contribution in [0.15, 0.2) is 40.2 Å². The molecule has 2 rings (SSSR count). The molecule has 0 saturated heterocycles. The van der Waals surface area contributed by atoms with Gasteiger partial charge in [-0.05, 0) is 33.6 Å². The first-order valence-corrected chi connectivity index (χ1v) is 6.65. The molecule has 1 heterocycles. The Hall–Kier alpha value is -0.850. The van der Waals surface area contributed by atoms with Gasteiger partial charge in [-0.3, -0.25) is 0 Å². The highest BCUT2D eigenvalue weighted by molar-refractivity contribution is 9.10. The molecule has 0 radical (unpaired) electrons. The molecular formula is C12H8BrF3OS. The average molecular weight is 337 g/mol. The van der Waals surface area contributed by atoms with E-state index in [-0.39, 0.29) is 5.56 Å². The zero-order valence-corrected chi connectivity index (χ0v) is 11.3. The molecule has 1 N–H and O–H groups in total. The van der Waals surface area contributed by atoms with Crippen molar-refractivity contribution in [1.29, 1.82) is 0 Å². The fraction of sp³-hybridized carbons (Fsp3) is 0.167. The van der Waals surface area contributed by atoms with Gasteiger partial charge in [0.25, 0.3) is 0 Å². The van der Waals surface area contributed by atoms with Crippen LogP contribution in [0.2, 0.25) is 0 Å². The summed E-state index contributed by atoms with van der Waals surface area (Å²) in [5.41, 5.74) is -0.929. The molecule has 96 valence electrons. The van der Waals surface area contributed by atoms with Crippen molar-refractivity contribution >= 4 is 27.3 Å². The lowest BCUT2D eigenvalue weighted by Gasteiger charge is -2.16. The largest absolute Gasteiger partial charge is 0.416 e. The summed E-state index contributed by atoms with van der Waals surface area (Å²) in [7, 11) is 0. The van der Waals surface area contributed by atoms with Crippen molar-refractivity contribution in [1.82, 2.24) is 0 Å². The van der Waals surface area contributed by atoms with Gasteiger partial charge in [-0.15, -0.1) is 11.3 Å². The lowest BCUT2D eigenvalue weighted by Crippen LogP contribution is -2.12. The summed E-state index contributed by atoms with van der Waals surface area (Å²) in [6.07, 6.45) is -5.73. The van der Waals surface area contributed by atoms with Crippen molar-refractivity contribution in [3.8, 4) is 0 Å². The van der Waals surface area contributed by atoms with Gasteiger partial charge >= 0.3 is 6.18 Å². The van der Waals surface area contributed by atoms with E-state index in [2.05, 4.69) is 15.9 Å². The van der Waals surface area contributed by atoms with Gasteiger partial charge in [0.1, 0.15) is 6.10 Å². The number of thiophene rings is 1. The molecule has 0 spiro atoms. The van der Waals surface area contributed by atoms with E-state index in [1.807, 2.05) is 0 Å². The highest BCUT2D eigenvalue weighted by atomic mass is 79.9. The van der Waals surface area contributed by atoms with E-state index < -0.39 is 17.8 Å². The first-order chi connectivity index (χ1) is 8.39. The fourth-order valence-electron chi connectivity index (χ4n) is 1.62. The average Bonchev–Trinajstić information content (AvgIpc) is 2.74. The Labute approximate surface area is 114 Å². The first-order valence-electron chi connectivity index (χ1n) is 4.97. The Morgan fingerprint density at radius 2 is 1.89 bits per heavy atom. The Bertz CT molecular complexity index is 550. The molecule has 0 aliphatic carbocycles. The van der Waals surface area contributed by atoms with E-state index in [0.717, 1.165) is 10.5 Å². The summed E-state index contributed by atoms with van der Waals surface area (Å²) in [6, 6.07) is 6.67. The summed E-state index contributed by atoms with van der Waals surface area (Å²) in [5, 5.41) is 11.8. The van der Waals surface area contributed by atoms with E-state index in [9.17, 15) is 18.3 Å². The Balaban J connectivity index is 2.45. The summed E-state index contributed by atoms with van der Waals surface area (Å²) >= 11 is 4.42. The van der Waals surface area contributed by atoms with E-state index in [1.54, 1.807) is 11.4 Å². The molecule has 0 fully saturated rings. The van der Waals surface area contributed by atoms with Crippen LogP contribution < -0.4 is 0 Å². The second kappa shape index (κ2) is 5.03. The maximum Gasteiger partial charge on any atom is 0.416 e. The van der Waals surface area contributed by atoms with E-state index in [4.69, 9.17) is 0 Å². The lowest BCUT2D eigenvalue weighted by molar-refractivity contribution is -0.138. The third-order valence-corrected chi connectivity index (χ3v) is 4.16. The van der Waals surface area contributed by atoms with Crippen molar-refractivity contribution in [2.45, 2.75) is 12.3 Å². The monoisotopic (exact) mass is 336 g/mol. The van der Waals surface area contributed by atoms with Gasteiger partial charge in [-0.25, -0.2) is 0 Å². The molecule has 18 heavy (non-hydrogen) atoms. The molecule has 1 atom stereocenters. The highest BCUT2D eigenvalue weighted by Gasteiger charge is 2.35. The smallest absolute Gasteiger partial charge is 0.383 e. The quantitative estimate of drug-likeness (QED) is 0.848. The molecular weight excluding hydrogens is 329 g/mol. The maximum atomic E-state index is 12.8. The number of benzene rings is 1. The number of aliphatic hydroxyl groups excluding tert-OH is 1. The molecule has 1 aromatic heterocycles. The standard InChI is InChI=1S/C12H8BrF3OS/c13-7-5-10(18-6-7)11(17)8-3-1-2-4-9(8)12(14,15)16/h1-6,11,17H. The zero-order chi connectivity index (χ0) is 13.3. The normalized spacial score (nSPS) is 13.6. The van der Waals surface area contributed by atoms with Crippen LogP contribution in [0.4, 0.5) is 13.2 Å². The Morgan fingerprint density at radius 3 is 2.44 bits per heavy atom. The minimum Gasteiger partial charge on any atom is -0.383 e. The number of hydrogen-bond donors (Lipinski definition) is 1. The highest BCUT2D eigenvalue weighted by Crippen LogP contribution is 2.38. The molecule has 0 aliphatic heterocycles. The zero-order valence-electron chi connectivity index (χ0n) is 8.91. The van der Waals surface area contributed by atoms with E-state index >= 15 is 0 Å². The van der Waals surface area contributed by atoms with Gasteiger partial charge < -0.3 is 5.11 Å². The van der Waals surface area contributed by atoms with Gasteiger partial charge in [0.05, 0.1) is 5.56 Å². The van der Waals surface area contributed by atoms with Gasteiger partial charge in [0.15, 0.2) is 0 Å². The number of aliphatic hydroxyl groups is 1. The van der Waals surface area contributed by atoms with Gasteiger partial charge in [0, 0.05) is 14.7 Å². The minimum atomic E-state index is -4.47. The maximum absolute atomic E-state index is 12.8. The van der Waals surface area contributed by atoms with Crippen LogP contribution in [0, 0.1) is 0 Å². The van der Waals surface area contributed by atoms with E-state index in [1.165, 1.54) is 29.5 Å². The minimum absolute atomic E-state index is 0.126. The third kappa shape index (κ3) is 2.76. The molecule has 2 aromatic rings. The number of alkyl halides is 3. The number of hydrogen-bond acceptors (Lipinski definition) is 2. The van der Waals surface area contributed by atoms with Gasteiger partial charge in [-0.1, -0.05) is 18.2 Å². The van der Waals surface area contributed by atoms with Crippen molar-refractivity contribution in [3.05, 3.63) is 56.2 Å². The third-order valence-electron chi connectivity index (χ3n) is 2.42. The summed E-state index contributed by atoms with van der Waals surface area (Å²) in [5.74, 6) is 0. The van der Waals surface area contributed by atoms with Crippen molar-refractivity contribution in [2.75, 3.05) is 0 Å². The topological polar surface area (TPSA) is 20.2 Å². The van der Waals surface area contributed by atoms with Crippen LogP contribution in [0.3, 0.4) is 0 Å². The van der Waals surface area contributed by atoms with E-state index in [0.29, 0.717) is 4.88 Å². The van der Waals surface area contributed by atoms with Crippen molar-refractivity contribution in [2.24, 2.45) is 0 Å². The van der Waals surface area contributed by atoms with Crippen LogP contribution in [0.25, 0.3) is 0 Å².